The Hall–Kier alpha value is -3.70. The lowest BCUT2D eigenvalue weighted by Gasteiger charge is -2.21. The highest BCUT2D eigenvalue weighted by molar-refractivity contribution is 5.82. The van der Waals surface area contributed by atoms with Crippen LogP contribution in [0.3, 0.4) is 0 Å². The zero-order valence-corrected chi connectivity index (χ0v) is 17.4. The lowest BCUT2D eigenvalue weighted by atomic mass is 9.98. The van der Waals surface area contributed by atoms with Gasteiger partial charge in [0.05, 0.1) is 6.54 Å². The number of alkyl carbamates (subject to hydrolysis) is 1. The molecule has 182 valence electrons. The van der Waals surface area contributed by atoms with Crippen molar-refractivity contribution in [2.75, 3.05) is 19.7 Å². The number of carboxylic acid groups (broad SMARTS) is 1. The van der Waals surface area contributed by atoms with Crippen LogP contribution in [0.1, 0.15) is 17.0 Å². The molecule has 0 spiro atoms. The summed E-state index contributed by atoms with van der Waals surface area (Å²) >= 11 is 0. The van der Waals surface area contributed by atoms with Crippen molar-refractivity contribution in [1.82, 2.24) is 10.6 Å². The van der Waals surface area contributed by atoms with Crippen LogP contribution in [-0.2, 0) is 14.3 Å². The number of carbonyl (C=O) groups excluding carboxylic acids is 2. The number of nitrogens with one attached hydrogen (secondary N) is 2. The maximum Gasteiger partial charge on any atom is 0.407 e. The minimum atomic E-state index is -5.20. The number of rotatable bonds is 8. The topological polar surface area (TPSA) is 105 Å². The van der Waals surface area contributed by atoms with Gasteiger partial charge in [-0.15, -0.1) is 0 Å². The summed E-state index contributed by atoms with van der Waals surface area (Å²) in [6.45, 7) is -3.31. The number of aliphatic carboxylic acids is 1. The molecule has 0 aromatic heterocycles. The van der Waals surface area contributed by atoms with Gasteiger partial charge >= 0.3 is 24.2 Å². The summed E-state index contributed by atoms with van der Waals surface area (Å²) in [5.41, 5.74) is 3.64. The minimum absolute atomic E-state index is 0.187. The largest absolute Gasteiger partial charge is 0.477 e. The molecule has 0 radical (unpaired) electrons. The molecule has 3 rings (SSSR count). The van der Waals surface area contributed by atoms with E-state index in [0.29, 0.717) is 0 Å². The summed E-state index contributed by atoms with van der Waals surface area (Å²) in [5, 5.41) is 11.4. The average molecular weight is 486 g/mol. The molecule has 2 aromatic carbocycles. The van der Waals surface area contributed by atoms with Gasteiger partial charge in [-0.25, -0.2) is 9.59 Å². The zero-order valence-electron chi connectivity index (χ0n) is 17.4. The smallest absolute Gasteiger partial charge is 0.407 e. The highest BCUT2D eigenvalue weighted by Gasteiger charge is 2.47. The van der Waals surface area contributed by atoms with E-state index >= 15 is 0 Å². The van der Waals surface area contributed by atoms with Gasteiger partial charge in [0.2, 0.25) is 5.91 Å². The third-order valence-electron chi connectivity index (χ3n) is 5.30. The summed E-state index contributed by atoms with van der Waals surface area (Å²) < 4.78 is 70.8. The first-order valence-corrected chi connectivity index (χ1v) is 9.96. The number of benzene rings is 2. The van der Waals surface area contributed by atoms with E-state index in [1.54, 1.807) is 12.1 Å². The molecule has 1 aliphatic rings. The number of carbonyl (C=O) groups is 3. The van der Waals surface area contributed by atoms with Crippen LogP contribution < -0.4 is 10.6 Å². The summed E-state index contributed by atoms with van der Waals surface area (Å²) in [4.78, 5) is 34.2. The number of carboxylic acids is 1. The molecular weight excluding hydrogens is 467 g/mol. The fraction of sp³-hybridized carbons (Fsp3) is 0.318. The number of ether oxygens (including phenoxy) is 1. The second-order valence-electron chi connectivity index (χ2n) is 7.53. The Labute approximate surface area is 189 Å². The first-order valence-electron chi connectivity index (χ1n) is 9.96. The molecule has 0 bridgehead atoms. The van der Waals surface area contributed by atoms with Gasteiger partial charge in [-0.3, -0.25) is 4.79 Å². The Morgan fingerprint density at radius 1 is 0.912 bits per heavy atom. The fourth-order valence-corrected chi connectivity index (χ4v) is 3.59. The van der Waals surface area contributed by atoms with E-state index in [1.807, 2.05) is 41.7 Å². The van der Waals surface area contributed by atoms with Crippen molar-refractivity contribution >= 4 is 18.0 Å². The molecule has 1 unspecified atom stereocenters. The lowest BCUT2D eigenvalue weighted by Crippen LogP contribution is -2.50. The van der Waals surface area contributed by atoms with Gasteiger partial charge < -0.3 is 20.5 Å². The number of alkyl halides is 5. The van der Waals surface area contributed by atoms with Crippen molar-refractivity contribution < 1.29 is 46.2 Å². The van der Waals surface area contributed by atoms with E-state index < -0.39 is 49.1 Å². The van der Waals surface area contributed by atoms with Crippen LogP contribution >= 0.6 is 0 Å². The first kappa shape index (κ1) is 24.9. The van der Waals surface area contributed by atoms with Gasteiger partial charge in [-0.2, -0.15) is 22.0 Å². The van der Waals surface area contributed by atoms with Crippen LogP contribution in [0.2, 0.25) is 0 Å². The summed E-state index contributed by atoms with van der Waals surface area (Å²) in [6.07, 6.45) is -6.43. The van der Waals surface area contributed by atoms with Crippen LogP contribution in [-0.4, -0.2) is 54.9 Å². The molecule has 12 heteroatoms. The minimum Gasteiger partial charge on any atom is -0.477 e. The Balaban J connectivity index is 1.60. The Morgan fingerprint density at radius 2 is 1.44 bits per heavy atom. The average Bonchev–Trinajstić information content (AvgIpc) is 3.09. The molecule has 0 fully saturated rings. The van der Waals surface area contributed by atoms with E-state index in [-0.39, 0.29) is 12.5 Å². The van der Waals surface area contributed by atoms with E-state index in [1.165, 1.54) is 5.32 Å². The van der Waals surface area contributed by atoms with Crippen LogP contribution in [0.25, 0.3) is 11.1 Å². The predicted octanol–water partition coefficient (Wildman–Crippen LogP) is 3.54. The van der Waals surface area contributed by atoms with Crippen molar-refractivity contribution in [3.63, 3.8) is 0 Å². The van der Waals surface area contributed by atoms with Crippen LogP contribution in [0.15, 0.2) is 48.5 Å². The van der Waals surface area contributed by atoms with Gasteiger partial charge in [0.15, 0.2) is 5.92 Å². The molecule has 0 saturated carbocycles. The fourth-order valence-electron chi connectivity index (χ4n) is 3.59. The summed E-state index contributed by atoms with van der Waals surface area (Å²) in [7, 11) is 0. The Kier molecular flexibility index (Phi) is 7.08. The van der Waals surface area contributed by atoms with Crippen molar-refractivity contribution in [3.05, 3.63) is 59.7 Å². The molecule has 0 aliphatic heterocycles. The SMILES string of the molecule is O=C(NCC(C(=O)NCC(F)(F)C(=O)O)C(F)(F)F)OCC1c2ccccc2-c2ccccc21. The predicted molar refractivity (Wildman–Crippen MR) is 108 cm³/mol. The molecule has 0 heterocycles. The number of hydrogen-bond donors (Lipinski definition) is 3. The van der Waals surface area contributed by atoms with Gasteiger partial charge in [0, 0.05) is 12.5 Å². The van der Waals surface area contributed by atoms with Gasteiger partial charge in [0.1, 0.15) is 6.61 Å². The van der Waals surface area contributed by atoms with Gasteiger partial charge in [-0.1, -0.05) is 48.5 Å². The summed E-state index contributed by atoms with van der Waals surface area (Å²) in [5.74, 6) is -12.2. The van der Waals surface area contributed by atoms with Crippen molar-refractivity contribution in [3.8, 4) is 11.1 Å². The normalized spacial score (nSPS) is 14.0. The molecule has 0 saturated heterocycles. The third kappa shape index (κ3) is 5.43. The van der Waals surface area contributed by atoms with Crippen molar-refractivity contribution in [1.29, 1.82) is 0 Å². The van der Waals surface area contributed by atoms with Gasteiger partial charge in [0.25, 0.3) is 0 Å². The monoisotopic (exact) mass is 486 g/mol. The zero-order chi connectivity index (χ0) is 25.1. The van der Waals surface area contributed by atoms with Crippen molar-refractivity contribution in [2.24, 2.45) is 5.92 Å². The van der Waals surface area contributed by atoms with E-state index in [9.17, 15) is 36.3 Å². The second kappa shape index (κ2) is 9.65. The molecular formula is C22H19F5N2O5. The summed E-state index contributed by atoms with van der Waals surface area (Å²) in [6, 6.07) is 14.8. The van der Waals surface area contributed by atoms with E-state index in [4.69, 9.17) is 9.84 Å². The van der Waals surface area contributed by atoms with E-state index in [2.05, 4.69) is 0 Å². The molecule has 1 aliphatic carbocycles. The Bertz CT molecular complexity index is 1040. The third-order valence-corrected chi connectivity index (χ3v) is 5.30. The van der Waals surface area contributed by atoms with Crippen LogP contribution in [0, 0.1) is 5.92 Å². The van der Waals surface area contributed by atoms with Gasteiger partial charge in [-0.05, 0) is 22.3 Å². The quantitative estimate of drug-likeness (QED) is 0.496. The number of fused-ring (bicyclic) bond motifs is 3. The van der Waals surface area contributed by atoms with E-state index in [0.717, 1.165) is 22.3 Å². The maximum absolute atomic E-state index is 13.2. The van der Waals surface area contributed by atoms with Crippen LogP contribution in [0.5, 0.6) is 0 Å². The number of halogens is 5. The second-order valence-corrected chi connectivity index (χ2v) is 7.53. The molecule has 34 heavy (non-hydrogen) atoms. The lowest BCUT2D eigenvalue weighted by molar-refractivity contribution is -0.182. The first-order chi connectivity index (χ1) is 15.9. The highest BCUT2D eigenvalue weighted by Crippen LogP contribution is 2.44. The number of hydrogen-bond acceptors (Lipinski definition) is 4. The van der Waals surface area contributed by atoms with Crippen molar-refractivity contribution in [2.45, 2.75) is 18.0 Å². The van der Waals surface area contributed by atoms with Crippen LogP contribution in [0.4, 0.5) is 26.7 Å². The molecule has 7 nitrogen and oxygen atoms in total. The number of amides is 2. The molecule has 1 atom stereocenters. The maximum atomic E-state index is 13.2. The molecule has 3 N–H and O–H groups in total. The highest BCUT2D eigenvalue weighted by atomic mass is 19.4. The molecule has 2 amide bonds. The molecule has 2 aromatic rings. The standard InChI is InChI=1S/C22H19F5N2O5/c23-21(24,19(31)32)11-29-18(30)17(22(25,26)27)9-28-20(33)34-10-16-14-7-3-1-5-12(14)13-6-2-4-8-15(13)16/h1-8,16-17H,9-11H2,(H,28,33)(H,29,30)(H,31,32). The Morgan fingerprint density at radius 3 is 1.94 bits per heavy atom.